The fourth-order valence-electron chi connectivity index (χ4n) is 1.91. The Labute approximate surface area is 114 Å². The number of hydrogen-bond acceptors (Lipinski definition) is 2. The average molecular weight is 259 g/mol. The first kappa shape index (κ1) is 13.3. The standard InChI is InChI=1S/C16H21NS/c1-10(2)16(17)15-8-7-14(18-15)13-6-5-11(3)12(4)9-13/h5-10,16H,17H2,1-4H3. The Kier molecular flexibility index (Phi) is 3.88. The zero-order valence-corrected chi connectivity index (χ0v) is 12.3. The Morgan fingerprint density at radius 2 is 1.72 bits per heavy atom. The summed E-state index contributed by atoms with van der Waals surface area (Å²) in [6.07, 6.45) is 0. The van der Waals surface area contributed by atoms with Crippen LogP contribution in [0, 0.1) is 19.8 Å². The van der Waals surface area contributed by atoms with Gasteiger partial charge in [0.1, 0.15) is 0 Å². The summed E-state index contributed by atoms with van der Waals surface area (Å²) in [5, 5.41) is 0. The van der Waals surface area contributed by atoms with E-state index in [4.69, 9.17) is 5.73 Å². The van der Waals surface area contributed by atoms with Crippen molar-refractivity contribution in [1.82, 2.24) is 0 Å². The normalized spacial score (nSPS) is 13.0. The van der Waals surface area contributed by atoms with Gasteiger partial charge >= 0.3 is 0 Å². The zero-order valence-electron chi connectivity index (χ0n) is 11.5. The summed E-state index contributed by atoms with van der Waals surface area (Å²) < 4.78 is 0. The van der Waals surface area contributed by atoms with Gasteiger partial charge in [-0.3, -0.25) is 0 Å². The molecule has 0 spiro atoms. The Bertz CT molecular complexity index is 540. The van der Waals surface area contributed by atoms with E-state index >= 15 is 0 Å². The number of rotatable bonds is 3. The molecule has 0 aliphatic heterocycles. The molecule has 0 fully saturated rings. The van der Waals surface area contributed by atoms with E-state index in [9.17, 15) is 0 Å². The molecule has 1 aromatic carbocycles. The van der Waals surface area contributed by atoms with Crippen LogP contribution in [0.5, 0.6) is 0 Å². The molecule has 1 atom stereocenters. The van der Waals surface area contributed by atoms with E-state index < -0.39 is 0 Å². The lowest BCUT2D eigenvalue weighted by atomic mass is 10.0. The summed E-state index contributed by atoms with van der Waals surface area (Å²) in [6.45, 7) is 8.64. The number of thiophene rings is 1. The molecule has 2 N–H and O–H groups in total. The predicted octanol–water partition coefficient (Wildman–Crippen LogP) is 4.69. The van der Waals surface area contributed by atoms with E-state index in [2.05, 4.69) is 58.0 Å². The van der Waals surface area contributed by atoms with Crippen LogP contribution in [0.25, 0.3) is 10.4 Å². The highest BCUT2D eigenvalue weighted by atomic mass is 32.1. The second-order valence-electron chi connectivity index (χ2n) is 5.27. The number of benzene rings is 1. The van der Waals surface area contributed by atoms with Gasteiger partial charge < -0.3 is 5.73 Å². The summed E-state index contributed by atoms with van der Waals surface area (Å²) in [5.74, 6) is 0.483. The van der Waals surface area contributed by atoms with Crippen LogP contribution in [-0.4, -0.2) is 0 Å². The Morgan fingerprint density at radius 1 is 1.00 bits per heavy atom. The van der Waals surface area contributed by atoms with E-state index in [1.807, 2.05) is 11.3 Å². The van der Waals surface area contributed by atoms with Gasteiger partial charge in [-0.15, -0.1) is 11.3 Å². The van der Waals surface area contributed by atoms with Crippen molar-refractivity contribution < 1.29 is 0 Å². The highest BCUT2D eigenvalue weighted by Gasteiger charge is 2.13. The number of hydrogen-bond donors (Lipinski definition) is 1. The van der Waals surface area contributed by atoms with Crippen molar-refractivity contribution in [1.29, 1.82) is 0 Å². The van der Waals surface area contributed by atoms with Crippen LogP contribution in [0.3, 0.4) is 0 Å². The first-order valence-corrected chi connectivity index (χ1v) is 7.23. The smallest absolute Gasteiger partial charge is 0.0413 e. The van der Waals surface area contributed by atoms with Gasteiger partial charge in [0, 0.05) is 15.8 Å². The van der Waals surface area contributed by atoms with Crippen molar-refractivity contribution in [3.63, 3.8) is 0 Å². The van der Waals surface area contributed by atoms with Crippen molar-refractivity contribution in [2.45, 2.75) is 33.7 Å². The second kappa shape index (κ2) is 5.25. The molecule has 0 amide bonds. The second-order valence-corrected chi connectivity index (χ2v) is 6.39. The number of aryl methyl sites for hydroxylation is 2. The Balaban J connectivity index is 2.32. The summed E-state index contributed by atoms with van der Waals surface area (Å²) in [7, 11) is 0. The molecule has 2 heteroatoms. The fourth-order valence-corrected chi connectivity index (χ4v) is 3.09. The molecular weight excluding hydrogens is 238 g/mol. The minimum atomic E-state index is 0.148. The third kappa shape index (κ3) is 2.65. The van der Waals surface area contributed by atoms with Crippen LogP contribution in [-0.2, 0) is 0 Å². The molecule has 0 saturated carbocycles. The molecule has 1 unspecified atom stereocenters. The molecule has 0 saturated heterocycles. The minimum Gasteiger partial charge on any atom is -0.323 e. The highest BCUT2D eigenvalue weighted by molar-refractivity contribution is 7.15. The first-order valence-electron chi connectivity index (χ1n) is 6.42. The average Bonchev–Trinajstić information content (AvgIpc) is 2.81. The van der Waals surface area contributed by atoms with E-state index in [1.165, 1.54) is 26.4 Å². The van der Waals surface area contributed by atoms with Crippen LogP contribution >= 0.6 is 11.3 Å². The quantitative estimate of drug-likeness (QED) is 0.850. The van der Waals surface area contributed by atoms with Gasteiger partial charge in [-0.05, 0) is 48.6 Å². The maximum absolute atomic E-state index is 6.19. The van der Waals surface area contributed by atoms with E-state index in [1.54, 1.807) is 0 Å². The molecule has 1 nitrogen and oxygen atoms in total. The molecule has 1 aromatic heterocycles. The molecule has 2 aromatic rings. The van der Waals surface area contributed by atoms with Gasteiger partial charge in [0.15, 0.2) is 0 Å². The summed E-state index contributed by atoms with van der Waals surface area (Å²) in [6, 6.07) is 11.1. The van der Waals surface area contributed by atoms with Gasteiger partial charge in [-0.2, -0.15) is 0 Å². The lowest BCUT2D eigenvalue weighted by molar-refractivity contribution is 0.521. The van der Waals surface area contributed by atoms with Gasteiger partial charge in [-0.25, -0.2) is 0 Å². The van der Waals surface area contributed by atoms with Crippen molar-refractivity contribution in [3.05, 3.63) is 46.3 Å². The lowest BCUT2D eigenvalue weighted by Gasteiger charge is -2.12. The maximum Gasteiger partial charge on any atom is 0.0413 e. The SMILES string of the molecule is Cc1ccc(-c2ccc(C(N)C(C)C)s2)cc1C. The largest absolute Gasteiger partial charge is 0.323 e. The van der Waals surface area contributed by atoms with E-state index in [0.717, 1.165) is 0 Å². The molecule has 0 radical (unpaired) electrons. The van der Waals surface area contributed by atoms with Crippen LogP contribution in [0.15, 0.2) is 30.3 Å². The van der Waals surface area contributed by atoms with Gasteiger partial charge in [0.25, 0.3) is 0 Å². The third-order valence-electron chi connectivity index (χ3n) is 3.46. The Hall–Kier alpha value is -1.12. The van der Waals surface area contributed by atoms with Gasteiger partial charge in [-0.1, -0.05) is 32.0 Å². The van der Waals surface area contributed by atoms with Gasteiger partial charge in [0.2, 0.25) is 0 Å². The first-order chi connectivity index (χ1) is 8.49. The number of nitrogens with two attached hydrogens (primary N) is 1. The van der Waals surface area contributed by atoms with Crippen LogP contribution in [0.1, 0.15) is 35.9 Å². The molecule has 0 aliphatic carbocycles. The van der Waals surface area contributed by atoms with E-state index in [-0.39, 0.29) is 6.04 Å². The molecule has 96 valence electrons. The van der Waals surface area contributed by atoms with Crippen molar-refractivity contribution >= 4 is 11.3 Å². The predicted molar refractivity (Wildman–Crippen MR) is 81.0 cm³/mol. The third-order valence-corrected chi connectivity index (χ3v) is 4.70. The molecule has 18 heavy (non-hydrogen) atoms. The summed E-state index contributed by atoms with van der Waals surface area (Å²) in [4.78, 5) is 2.59. The topological polar surface area (TPSA) is 26.0 Å². The van der Waals surface area contributed by atoms with Gasteiger partial charge in [0.05, 0.1) is 0 Å². The monoisotopic (exact) mass is 259 g/mol. The highest BCUT2D eigenvalue weighted by Crippen LogP contribution is 2.33. The van der Waals surface area contributed by atoms with Crippen molar-refractivity contribution in [2.75, 3.05) is 0 Å². The van der Waals surface area contributed by atoms with Crippen LogP contribution in [0.2, 0.25) is 0 Å². The summed E-state index contributed by atoms with van der Waals surface area (Å²) in [5.41, 5.74) is 10.2. The molecule has 1 heterocycles. The van der Waals surface area contributed by atoms with Crippen LogP contribution in [0.4, 0.5) is 0 Å². The lowest BCUT2D eigenvalue weighted by Crippen LogP contribution is -2.14. The minimum absolute atomic E-state index is 0.148. The molecule has 2 rings (SSSR count). The fraction of sp³-hybridized carbons (Fsp3) is 0.375. The maximum atomic E-state index is 6.19. The molecular formula is C16H21NS. The molecule has 0 bridgehead atoms. The summed E-state index contributed by atoms with van der Waals surface area (Å²) >= 11 is 1.81. The Morgan fingerprint density at radius 3 is 2.33 bits per heavy atom. The van der Waals surface area contributed by atoms with Crippen LogP contribution < -0.4 is 5.73 Å². The van der Waals surface area contributed by atoms with Crippen molar-refractivity contribution in [2.24, 2.45) is 11.7 Å². The van der Waals surface area contributed by atoms with Crippen molar-refractivity contribution in [3.8, 4) is 10.4 Å². The molecule has 0 aliphatic rings. The zero-order chi connectivity index (χ0) is 13.3. The van der Waals surface area contributed by atoms with E-state index in [0.29, 0.717) is 5.92 Å².